The van der Waals surface area contributed by atoms with E-state index in [1.807, 2.05) is 42.5 Å². The molecule has 0 saturated heterocycles. The second-order valence-corrected chi connectivity index (χ2v) is 6.02. The minimum Gasteiger partial charge on any atom is -0.497 e. The van der Waals surface area contributed by atoms with Crippen molar-refractivity contribution in [2.45, 2.75) is 11.5 Å². The van der Waals surface area contributed by atoms with Crippen molar-refractivity contribution in [2.75, 3.05) is 26.0 Å². The fourth-order valence-corrected chi connectivity index (χ4v) is 2.74. The van der Waals surface area contributed by atoms with Crippen molar-refractivity contribution in [3.63, 3.8) is 0 Å². The highest BCUT2D eigenvalue weighted by atomic mass is 32.2. The maximum Gasteiger partial charge on any atom is 0.246 e. The molecule has 0 aromatic heterocycles. The number of carbonyl (C=O) groups excluding carboxylic acids is 1. The number of nitrogens with one attached hydrogen (secondary N) is 1. The average Bonchev–Trinajstić information content (AvgIpc) is 2.60. The van der Waals surface area contributed by atoms with Crippen molar-refractivity contribution in [2.24, 2.45) is 0 Å². The van der Waals surface area contributed by atoms with Gasteiger partial charge >= 0.3 is 0 Å². The first kappa shape index (κ1) is 17.4. The summed E-state index contributed by atoms with van der Waals surface area (Å²) in [5, 5.41) is 2.85. The molecule has 0 bridgehead atoms. The topological polar surface area (TPSA) is 47.6 Å². The zero-order valence-corrected chi connectivity index (χ0v) is 14.0. The predicted molar refractivity (Wildman–Crippen MR) is 92.8 cm³/mol. The number of carbonyl (C=O) groups is 1. The van der Waals surface area contributed by atoms with Crippen LogP contribution in [0.25, 0.3) is 0 Å². The van der Waals surface area contributed by atoms with Crippen molar-refractivity contribution in [3.05, 3.63) is 60.2 Å². The number of rotatable bonds is 9. The lowest BCUT2D eigenvalue weighted by Crippen LogP contribution is -2.29. The molecule has 0 aliphatic carbocycles. The maximum atomic E-state index is 11.7. The van der Waals surface area contributed by atoms with Gasteiger partial charge in [-0.25, -0.2) is 0 Å². The molecule has 0 fully saturated rings. The Morgan fingerprint density at radius 2 is 1.96 bits per heavy atom. The van der Waals surface area contributed by atoms with Crippen molar-refractivity contribution in [3.8, 4) is 5.75 Å². The van der Waals surface area contributed by atoms with Crippen LogP contribution in [0.4, 0.5) is 0 Å². The van der Waals surface area contributed by atoms with Crippen LogP contribution in [-0.4, -0.2) is 31.9 Å². The third-order valence-corrected chi connectivity index (χ3v) is 4.09. The highest BCUT2D eigenvalue weighted by molar-refractivity contribution is 7.99. The summed E-state index contributed by atoms with van der Waals surface area (Å²) in [6.45, 7) is 1.08. The van der Waals surface area contributed by atoms with Gasteiger partial charge in [-0.3, -0.25) is 4.79 Å². The Labute approximate surface area is 141 Å². The first-order valence-corrected chi connectivity index (χ1v) is 8.41. The van der Waals surface area contributed by atoms with Gasteiger partial charge in [0.25, 0.3) is 0 Å². The molecule has 0 unspecified atom stereocenters. The van der Waals surface area contributed by atoms with Gasteiger partial charge in [0.2, 0.25) is 5.91 Å². The summed E-state index contributed by atoms with van der Waals surface area (Å²) < 4.78 is 10.6. The summed E-state index contributed by atoms with van der Waals surface area (Å²) >= 11 is 1.72. The van der Waals surface area contributed by atoms with Crippen LogP contribution in [0.5, 0.6) is 5.75 Å². The van der Waals surface area contributed by atoms with Gasteiger partial charge in [0.05, 0.1) is 13.7 Å². The van der Waals surface area contributed by atoms with Crippen LogP contribution < -0.4 is 10.1 Å². The zero-order chi connectivity index (χ0) is 16.3. The molecule has 2 aromatic carbocycles. The maximum absolute atomic E-state index is 11.7. The van der Waals surface area contributed by atoms with Gasteiger partial charge in [0.15, 0.2) is 0 Å². The van der Waals surface area contributed by atoms with Crippen molar-refractivity contribution in [1.29, 1.82) is 0 Å². The number of hydrogen-bond acceptors (Lipinski definition) is 4. The second-order valence-electron chi connectivity index (χ2n) is 4.86. The van der Waals surface area contributed by atoms with Gasteiger partial charge in [0, 0.05) is 17.2 Å². The predicted octanol–water partition coefficient (Wildman–Crippen LogP) is 3.12. The second kappa shape index (κ2) is 9.92. The van der Waals surface area contributed by atoms with E-state index in [0.29, 0.717) is 13.2 Å². The SMILES string of the molecule is COc1cccc(COCC(=O)NCCSc2ccccc2)c1. The molecule has 4 nitrogen and oxygen atoms in total. The van der Waals surface area contributed by atoms with E-state index in [0.717, 1.165) is 17.1 Å². The quantitative estimate of drug-likeness (QED) is 0.566. The van der Waals surface area contributed by atoms with Gasteiger partial charge in [0.1, 0.15) is 12.4 Å². The Morgan fingerprint density at radius 3 is 2.74 bits per heavy atom. The molecule has 122 valence electrons. The Kier molecular flexibility index (Phi) is 7.49. The van der Waals surface area contributed by atoms with Gasteiger partial charge in [-0.15, -0.1) is 11.8 Å². The van der Waals surface area contributed by atoms with Crippen LogP contribution in [0.15, 0.2) is 59.5 Å². The first-order chi connectivity index (χ1) is 11.3. The standard InChI is InChI=1S/C18H21NO3S/c1-21-16-7-5-6-15(12-16)13-22-14-18(20)19-10-11-23-17-8-3-2-4-9-17/h2-9,12H,10-11,13-14H2,1H3,(H,19,20). The molecular weight excluding hydrogens is 310 g/mol. The minimum absolute atomic E-state index is 0.0627. The molecule has 0 aliphatic rings. The number of ether oxygens (including phenoxy) is 2. The smallest absolute Gasteiger partial charge is 0.246 e. The van der Waals surface area contributed by atoms with E-state index in [1.54, 1.807) is 18.9 Å². The number of amides is 1. The van der Waals surface area contributed by atoms with Gasteiger partial charge in [-0.1, -0.05) is 30.3 Å². The first-order valence-electron chi connectivity index (χ1n) is 7.43. The van der Waals surface area contributed by atoms with E-state index >= 15 is 0 Å². The Morgan fingerprint density at radius 1 is 1.13 bits per heavy atom. The summed E-state index contributed by atoms with van der Waals surface area (Å²) in [5.74, 6) is 1.53. The lowest BCUT2D eigenvalue weighted by molar-refractivity contribution is -0.125. The van der Waals surface area contributed by atoms with E-state index in [9.17, 15) is 4.79 Å². The summed E-state index contributed by atoms with van der Waals surface area (Å²) in [7, 11) is 1.63. The molecule has 0 aliphatic heterocycles. The van der Waals surface area contributed by atoms with Crippen LogP contribution in [0.2, 0.25) is 0 Å². The highest BCUT2D eigenvalue weighted by Gasteiger charge is 2.02. The molecule has 23 heavy (non-hydrogen) atoms. The largest absolute Gasteiger partial charge is 0.497 e. The number of thioether (sulfide) groups is 1. The lowest BCUT2D eigenvalue weighted by atomic mass is 10.2. The van der Waals surface area contributed by atoms with Crippen molar-refractivity contribution < 1.29 is 14.3 Å². The highest BCUT2D eigenvalue weighted by Crippen LogP contribution is 2.15. The van der Waals surface area contributed by atoms with Crippen LogP contribution >= 0.6 is 11.8 Å². The summed E-state index contributed by atoms with van der Waals surface area (Å²) in [4.78, 5) is 12.9. The van der Waals surface area contributed by atoms with E-state index in [-0.39, 0.29) is 12.5 Å². The molecule has 5 heteroatoms. The lowest BCUT2D eigenvalue weighted by Gasteiger charge is -2.07. The van der Waals surface area contributed by atoms with Crippen LogP contribution in [0.1, 0.15) is 5.56 Å². The molecule has 0 spiro atoms. The molecule has 2 aromatic rings. The Bertz CT molecular complexity index is 604. The summed E-state index contributed by atoms with van der Waals surface area (Å²) in [6.07, 6.45) is 0. The van der Waals surface area contributed by atoms with Crippen LogP contribution in [0, 0.1) is 0 Å². The van der Waals surface area contributed by atoms with Gasteiger partial charge in [-0.2, -0.15) is 0 Å². The molecule has 0 radical (unpaired) electrons. The fraction of sp³-hybridized carbons (Fsp3) is 0.278. The Balaban J connectivity index is 1.58. The minimum atomic E-state index is -0.0958. The molecule has 0 saturated carbocycles. The number of benzene rings is 2. The van der Waals surface area contributed by atoms with E-state index in [2.05, 4.69) is 17.4 Å². The van der Waals surface area contributed by atoms with Crippen molar-refractivity contribution >= 4 is 17.7 Å². The van der Waals surface area contributed by atoms with Gasteiger partial charge < -0.3 is 14.8 Å². The summed E-state index contributed by atoms with van der Waals surface area (Å²) in [6, 6.07) is 17.7. The molecule has 1 N–H and O–H groups in total. The number of methoxy groups -OCH3 is 1. The normalized spacial score (nSPS) is 10.3. The fourth-order valence-electron chi connectivity index (χ4n) is 1.95. The number of hydrogen-bond donors (Lipinski definition) is 1. The molecular formula is C18H21NO3S. The zero-order valence-electron chi connectivity index (χ0n) is 13.2. The van der Waals surface area contributed by atoms with Gasteiger partial charge in [-0.05, 0) is 29.8 Å². The Hall–Kier alpha value is -1.98. The molecule has 0 heterocycles. The third kappa shape index (κ3) is 6.76. The van der Waals surface area contributed by atoms with Crippen LogP contribution in [0.3, 0.4) is 0 Å². The summed E-state index contributed by atoms with van der Waals surface area (Å²) in [5.41, 5.74) is 0.983. The monoisotopic (exact) mass is 331 g/mol. The van der Waals surface area contributed by atoms with Crippen LogP contribution in [-0.2, 0) is 16.1 Å². The van der Waals surface area contributed by atoms with E-state index < -0.39 is 0 Å². The third-order valence-electron chi connectivity index (χ3n) is 3.07. The van der Waals surface area contributed by atoms with E-state index in [4.69, 9.17) is 9.47 Å². The van der Waals surface area contributed by atoms with Crippen molar-refractivity contribution in [1.82, 2.24) is 5.32 Å². The average molecular weight is 331 g/mol. The van der Waals surface area contributed by atoms with E-state index in [1.165, 1.54) is 4.90 Å². The molecule has 2 rings (SSSR count). The molecule has 1 amide bonds. The molecule has 0 atom stereocenters.